The topological polar surface area (TPSA) is 31.2 Å². The zero-order chi connectivity index (χ0) is 15.1. The van der Waals surface area contributed by atoms with E-state index in [1.165, 1.54) is 5.56 Å². The van der Waals surface area contributed by atoms with Crippen LogP contribution in [0.1, 0.15) is 23.7 Å². The molecule has 0 bridgehead atoms. The summed E-state index contributed by atoms with van der Waals surface area (Å²) in [5.74, 6) is 0.926. The number of aryl methyl sites for hydroxylation is 1. The zero-order valence-corrected chi connectivity index (χ0v) is 12.5. The Morgan fingerprint density at radius 2 is 1.91 bits per heavy atom. The second-order valence-electron chi connectivity index (χ2n) is 5.65. The monoisotopic (exact) mass is 291 g/mol. The fraction of sp³-hybridized carbons (Fsp3) is 0.211. The van der Waals surface area contributed by atoms with E-state index in [-0.39, 0.29) is 5.91 Å². The van der Waals surface area contributed by atoms with E-state index in [9.17, 15) is 4.79 Å². The quantitative estimate of drug-likeness (QED) is 0.669. The van der Waals surface area contributed by atoms with Crippen molar-refractivity contribution in [2.24, 2.45) is 0 Å². The molecule has 2 aromatic carbocycles. The van der Waals surface area contributed by atoms with Gasteiger partial charge in [-0.05, 0) is 36.1 Å². The Balaban J connectivity index is 2.16. The number of rotatable bonds is 1. The van der Waals surface area contributed by atoms with Gasteiger partial charge in [0.25, 0.3) is 0 Å². The van der Waals surface area contributed by atoms with Crippen molar-refractivity contribution in [3.05, 3.63) is 54.1 Å². The minimum atomic E-state index is 0.0350. The van der Waals surface area contributed by atoms with E-state index in [2.05, 4.69) is 12.1 Å². The van der Waals surface area contributed by atoms with Gasteiger partial charge >= 0.3 is 0 Å². The van der Waals surface area contributed by atoms with Gasteiger partial charge in [0.1, 0.15) is 5.75 Å². The normalized spacial score (nSPS) is 13.7. The summed E-state index contributed by atoms with van der Waals surface area (Å²) >= 11 is 0. The van der Waals surface area contributed by atoms with Gasteiger partial charge in [-0.1, -0.05) is 36.4 Å². The third kappa shape index (κ3) is 1.86. The van der Waals surface area contributed by atoms with Crippen molar-refractivity contribution in [1.82, 2.24) is 4.57 Å². The van der Waals surface area contributed by atoms with Crippen molar-refractivity contribution >= 4 is 16.8 Å². The van der Waals surface area contributed by atoms with E-state index in [0.717, 1.165) is 47.4 Å². The van der Waals surface area contributed by atoms with Crippen LogP contribution in [0.15, 0.2) is 48.5 Å². The summed E-state index contributed by atoms with van der Waals surface area (Å²) in [6.07, 6.45) is 1.89. The summed E-state index contributed by atoms with van der Waals surface area (Å²) in [4.78, 5) is 12.3. The maximum Gasteiger partial charge on any atom is 0.228 e. The first-order chi connectivity index (χ1) is 10.8. The number of hydrogen-bond acceptors (Lipinski definition) is 2. The molecule has 0 amide bonds. The third-order valence-corrected chi connectivity index (χ3v) is 4.25. The van der Waals surface area contributed by atoms with Crippen LogP contribution in [0.4, 0.5) is 0 Å². The van der Waals surface area contributed by atoms with Gasteiger partial charge < -0.3 is 4.74 Å². The number of nitrogens with zero attached hydrogens (tertiary/aromatic N) is 1. The number of carbonyl (C=O) groups is 1. The highest BCUT2D eigenvalue weighted by Crippen LogP contribution is 2.40. The van der Waals surface area contributed by atoms with Gasteiger partial charge in [0, 0.05) is 12.3 Å². The van der Waals surface area contributed by atoms with E-state index < -0.39 is 0 Å². The number of carbonyl (C=O) groups excluding carboxylic acids is 1. The Morgan fingerprint density at radius 1 is 1.09 bits per heavy atom. The molecule has 0 fully saturated rings. The Kier molecular flexibility index (Phi) is 3.00. The first-order valence-corrected chi connectivity index (χ1v) is 7.63. The molecule has 3 aromatic rings. The van der Waals surface area contributed by atoms with Crippen LogP contribution in [0.3, 0.4) is 0 Å². The van der Waals surface area contributed by atoms with E-state index >= 15 is 0 Å². The molecule has 0 spiro atoms. The fourth-order valence-electron chi connectivity index (χ4n) is 3.40. The van der Waals surface area contributed by atoms with Crippen LogP contribution >= 0.6 is 0 Å². The lowest BCUT2D eigenvalue weighted by atomic mass is 10.0. The lowest BCUT2D eigenvalue weighted by Crippen LogP contribution is -2.08. The highest BCUT2D eigenvalue weighted by Gasteiger charge is 2.24. The lowest BCUT2D eigenvalue weighted by molar-refractivity contribution is 0.0943. The van der Waals surface area contributed by atoms with Crippen LogP contribution in [0.25, 0.3) is 22.2 Å². The van der Waals surface area contributed by atoms with Gasteiger partial charge in [0.05, 0.1) is 17.8 Å². The summed E-state index contributed by atoms with van der Waals surface area (Å²) in [7, 11) is 0. The summed E-state index contributed by atoms with van der Waals surface area (Å²) in [6, 6.07) is 16.1. The zero-order valence-electron chi connectivity index (χ0n) is 12.5. The number of ether oxygens (including phenoxy) is 1. The highest BCUT2D eigenvalue weighted by atomic mass is 16.5. The molecule has 0 radical (unpaired) electrons. The minimum Gasteiger partial charge on any atom is -0.493 e. The minimum absolute atomic E-state index is 0.0350. The number of aromatic nitrogens is 1. The van der Waals surface area contributed by atoms with Crippen molar-refractivity contribution in [3.63, 3.8) is 0 Å². The van der Waals surface area contributed by atoms with Crippen molar-refractivity contribution < 1.29 is 9.53 Å². The van der Waals surface area contributed by atoms with Gasteiger partial charge in [-0.3, -0.25) is 9.36 Å². The maximum absolute atomic E-state index is 12.3. The number of benzene rings is 2. The average Bonchev–Trinajstić information content (AvgIpc) is 2.72. The predicted octanol–water partition coefficient (Wildman–Crippen LogP) is 4.29. The maximum atomic E-state index is 12.3. The van der Waals surface area contributed by atoms with Crippen LogP contribution < -0.4 is 4.74 Å². The molecule has 2 heterocycles. The standard InChI is InChI=1S/C19H17NO2/c1-13(21)20-16-10-5-11-17-18(16)15(9-6-12-22-17)19(20)14-7-3-2-4-8-14/h2-5,7-8,10-11H,6,9,12H2,1H3. The SMILES string of the molecule is CC(=O)n1c(-c2ccccc2)c2c3c(cccc31)OCCC2. The van der Waals surface area contributed by atoms with Gasteiger partial charge in [-0.25, -0.2) is 0 Å². The molecular weight excluding hydrogens is 274 g/mol. The molecule has 0 saturated carbocycles. The van der Waals surface area contributed by atoms with Crippen LogP contribution in [0.2, 0.25) is 0 Å². The Bertz CT molecular complexity index is 862. The smallest absolute Gasteiger partial charge is 0.228 e. The van der Waals surface area contributed by atoms with Gasteiger partial charge in [-0.2, -0.15) is 0 Å². The van der Waals surface area contributed by atoms with E-state index in [4.69, 9.17) is 4.74 Å². The van der Waals surface area contributed by atoms with Crippen LogP contribution in [-0.2, 0) is 6.42 Å². The molecule has 0 aliphatic carbocycles. The molecule has 3 heteroatoms. The molecule has 1 aromatic heterocycles. The fourth-order valence-corrected chi connectivity index (χ4v) is 3.40. The van der Waals surface area contributed by atoms with Gasteiger partial charge in [0.15, 0.2) is 0 Å². The van der Waals surface area contributed by atoms with E-state index in [1.54, 1.807) is 6.92 Å². The van der Waals surface area contributed by atoms with Crippen LogP contribution in [-0.4, -0.2) is 17.1 Å². The molecule has 0 atom stereocenters. The van der Waals surface area contributed by atoms with E-state index in [0.29, 0.717) is 0 Å². The number of hydrogen-bond donors (Lipinski definition) is 0. The summed E-state index contributed by atoms with van der Waals surface area (Å²) in [5.41, 5.74) is 4.27. The summed E-state index contributed by atoms with van der Waals surface area (Å²) < 4.78 is 7.71. The molecule has 4 rings (SSSR count). The third-order valence-electron chi connectivity index (χ3n) is 4.25. The largest absolute Gasteiger partial charge is 0.493 e. The average molecular weight is 291 g/mol. The predicted molar refractivity (Wildman–Crippen MR) is 87.5 cm³/mol. The van der Waals surface area contributed by atoms with Crippen LogP contribution in [0.5, 0.6) is 5.75 Å². The highest BCUT2D eigenvalue weighted by molar-refractivity contribution is 6.03. The molecule has 0 N–H and O–H groups in total. The van der Waals surface area contributed by atoms with Crippen molar-refractivity contribution in [1.29, 1.82) is 0 Å². The molecule has 3 nitrogen and oxygen atoms in total. The Hall–Kier alpha value is -2.55. The molecule has 1 aliphatic heterocycles. The molecule has 22 heavy (non-hydrogen) atoms. The second kappa shape index (κ2) is 5.02. The first kappa shape index (κ1) is 13.1. The Morgan fingerprint density at radius 3 is 2.68 bits per heavy atom. The lowest BCUT2D eigenvalue weighted by Gasteiger charge is -2.10. The second-order valence-corrected chi connectivity index (χ2v) is 5.65. The van der Waals surface area contributed by atoms with Crippen molar-refractivity contribution in [2.75, 3.05) is 6.61 Å². The Labute approximate surface area is 129 Å². The van der Waals surface area contributed by atoms with Gasteiger partial charge in [0.2, 0.25) is 5.91 Å². The molecule has 110 valence electrons. The summed E-state index contributed by atoms with van der Waals surface area (Å²) in [6.45, 7) is 2.34. The summed E-state index contributed by atoms with van der Waals surface area (Å²) in [5, 5.41) is 1.09. The van der Waals surface area contributed by atoms with Gasteiger partial charge in [-0.15, -0.1) is 0 Å². The molecule has 0 unspecified atom stereocenters. The molecule has 1 aliphatic rings. The van der Waals surface area contributed by atoms with Crippen molar-refractivity contribution in [2.45, 2.75) is 19.8 Å². The van der Waals surface area contributed by atoms with E-state index in [1.807, 2.05) is 41.0 Å². The van der Waals surface area contributed by atoms with Crippen molar-refractivity contribution in [3.8, 4) is 17.0 Å². The van der Waals surface area contributed by atoms with Crippen LogP contribution in [0, 0.1) is 0 Å². The molecular formula is C19H17NO2. The molecule has 0 saturated heterocycles. The first-order valence-electron chi connectivity index (χ1n) is 7.63.